The van der Waals surface area contributed by atoms with Crippen molar-refractivity contribution in [2.75, 3.05) is 7.11 Å². The average molecular weight is 236 g/mol. The van der Waals surface area contributed by atoms with Crippen LogP contribution in [0.3, 0.4) is 0 Å². The summed E-state index contributed by atoms with van der Waals surface area (Å²) in [5.74, 6) is 0.308. The fourth-order valence-corrected chi connectivity index (χ4v) is 1.94. The van der Waals surface area contributed by atoms with Crippen LogP contribution in [0.4, 0.5) is 5.82 Å². The van der Waals surface area contributed by atoms with Gasteiger partial charge in [-0.3, -0.25) is 9.48 Å². The minimum Gasteiger partial charge on any atom is -0.379 e. The number of aromatic nitrogens is 2. The van der Waals surface area contributed by atoms with Crippen LogP contribution in [0.1, 0.15) is 23.2 Å². The number of carbonyl (C=O) groups excluding carboxylic acids is 1. The van der Waals surface area contributed by atoms with Crippen molar-refractivity contribution in [3.63, 3.8) is 0 Å². The maximum absolute atomic E-state index is 12.0. The van der Waals surface area contributed by atoms with E-state index in [1.165, 1.54) is 10.9 Å². The van der Waals surface area contributed by atoms with Gasteiger partial charge < -0.3 is 10.1 Å². The Kier molecular flexibility index (Phi) is 3.23. The Morgan fingerprint density at radius 3 is 3.00 bits per heavy atom. The first-order valence-electron chi connectivity index (χ1n) is 5.49. The smallest absolute Gasteiger partial charge is 0.257 e. The first-order chi connectivity index (χ1) is 8.17. The van der Waals surface area contributed by atoms with Crippen molar-refractivity contribution in [3.05, 3.63) is 11.8 Å². The van der Waals surface area contributed by atoms with Gasteiger partial charge in [0.1, 0.15) is 5.56 Å². The molecule has 0 aromatic carbocycles. The van der Waals surface area contributed by atoms with Gasteiger partial charge >= 0.3 is 0 Å². The Bertz CT molecular complexity index is 439. The highest BCUT2D eigenvalue weighted by atomic mass is 16.5. The van der Waals surface area contributed by atoms with Gasteiger partial charge in [-0.05, 0) is 19.6 Å². The van der Waals surface area contributed by atoms with E-state index in [-0.39, 0.29) is 18.1 Å². The highest BCUT2D eigenvalue weighted by Gasteiger charge is 2.32. The summed E-state index contributed by atoms with van der Waals surface area (Å²) in [6, 6.07) is 0.0883. The quantitative estimate of drug-likeness (QED) is 0.781. The second-order valence-electron chi connectivity index (χ2n) is 4.10. The van der Waals surface area contributed by atoms with Gasteiger partial charge in [-0.25, -0.2) is 4.99 Å². The molecule has 1 saturated carbocycles. The number of hydrogen-bond donors (Lipinski definition) is 1. The van der Waals surface area contributed by atoms with Gasteiger partial charge in [-0.15, -0.1) is 0 Å². The molecule has 0 aliphatic heterocycles. The van der Waals surface area contributed by atoms with Crippen molar-refractivity contribution >= 4 is 18.4 Å². The number of aliphatic imine (C=N–C) groups is 1. The van der Waals surface area contributed by atoms with E-state index < -0.39 is 0 Å². The van der Waals surface area contributed by atoms with Crippen LogP contribution in [0.25, 0.3) is 0 Å². The minimum atomic E-state index is -0.174. The van der Waals surface area contributed by atoms with Crippen molar-refractivity contribution < 1.29 is 9.53 Å². The lowest BCUT2D eigenvalue weighted by Crippen LogP contribution is -2.51. The van der Waals surface area contributed by atoms with Crippen LogP contribution in [0.2, 0.25) is 0 Å². The second kappa shape index (κ2) is 4.67. The van der Waals surface area contributed by atoms with E-state index in [4.69, 9.17) is 4.74 Å². The molecule has 2 atom stereocenters. The molecule has 1 unspecified atom stereocenters. The maximum Gasteiger partial charge on any atom is 0.257 e. The molecule has 1 heterocycles. The monoisotopic (exact) mass is 236 g/mol. The van der Waals surface area contributed by atoms with E-state index in [2.05, 4.69) is 22.1 Å². The lowest BCUT2D eigenvalue weighted by Gasteiger charge is -2.35. The molecule has 6 heteroatoms. The average Bonchev–Trinajstić information content (AvgIpc) is 2.66. The molecule has 0 bridgehead atoms. The number of carbonyl (C=O) groups is 1. The number of methoxy groups -OCH3 is 1. The summed E-state index contributed by atoms with van der Waals surface area (Å²) in [4.78, 5) is 15.8. The summed E-state index contributed by atoms with van der Waals surface area (Å²) in [6.07, 6.45) is 3.55. The molecule has 1 aliphatic rings. The Labute approximate surface area is 99.7 Å². The number of nitrogens with one attached hydrogen (secondary N) is 1. The molecular weight excluding hydrogens is 220 g/mol. The van der Waals surface area contributed by atoms with E-state index >= 15 is 0 Å². The van der Waals surface area contributed by atoms with Gasteiger partial charge in [0.15, 0.2) is 5.82 Å². The second-order valence-corrected chi connectivity index (χ2v) is 4.10. The third-order valence-corrected chi connectivity index (χ3v) is 3.13. The number of ether oxygens (including phenoxy) is 1. The summed E-state index contributed by atoms with van der Waals surface area (Å²) >= 11 is 0. The Morgan fingerprint density at radius 1 is 1.71 bits per heavy atom. The van der Waals surface area contributed by atoms with Crippen LogP contribution >= 0.6 is 0 Å². The molecule has 1 aromatic heterocycles. The molecule has 1 fully saturated rings. The zero-order chi connectivity index (χ0) is 12.4. The third-order valence-electron chi connectivity index (χ3n) is 3.13. The van der Waals surface area contributed by atoms with Crippen molar-refractivity contribution in [2.45, 2.75) is 25.0 Å². The standard InChI is InChI=1S/C11H16N4O2/c1-12-10-7(6-13-15(10)2)11(16)14-8-4-5-9(8)17-3/h6,8-9H,1,4-5H2,2-3H3,(H,14,16)/t8?,9-/m0/s1. The first kappa shape index (κ1) is 11.8. The lowest BCUT2D eigenvalue weighted by atomic mass is 9.89. The Hall–Kier alpha value is -1.69. The third kappa shape index (κ3) is 2.08. The zero-order valence-electron chi connectivity index (χ0n) is 10.0. The number of rotatable bonds is 4. The summed E-state index contributed by atoms with van der Waals surface area (Å²) in [5, 5.41) is 6.91. The van der Waals surface area contributed by atoms with Crippen molar-refractivity contribution in [3.8, 4) is 0 Å². The topological polar surface area (TPSA) is 68.5 Å². The van der Waals surface area contributed by atoms with Crippen LogP contribution in [0, 0.1) is 0 Å². The van der Waals surface area contributed by atoms with Crippen molar-refractivity contribution in [2.24, 2.45) is 12.0 Å². The predicted octanol–water partition coefficient (Wildman–Crippen LogP) is 0.659. The number of amides is 1. The fourth-order valence-electron chi connectivity index (χ4n) is 1.94. The predicted molar refractivity (Wildman–Crippen MR) is 63.7 cm³/mol. The highest BCUT2D eigenvalue weighted by molar-refractivity contribution is 5.98. The molecule has 17 heavy (non-hydrogen) atoms. The Morgan fingerprint density at radius 2 is 2.47 bits per heavy atom. The van der Waals surface area contributed by atoms with Gasteiger partial charge in [-0.2, -0.15) is 5.10 Å². The molecule has 0 spiro atoms. The zero-order valence-corrected chi connectivity index (χ0v) is 10.0. The van der Waals surface area contributed by atoms with Crippen LogP contribution in [-0.4, -0.2) is 41.7 Å². The number of nitrogens with zero attached hydrogens (tertiary/aromatic N) is 3. The van der Waals surface area contributed by atoms with Crippen LogP contribution in [0.5, 0.6) is 0 Å². The summed E-state index contributed by atoms with van der Waals surface area (Å²) in [7, 11) is 3.38. The fraction of sp³-hybridized carbons (Fsp3) is 0.545. The molecule has 0 radical (unpaired) electrons. The highest BCUT2D eigenvalue weighted by Crippen LogP contribution is 2.24. The van der Waals surface area contributed by atoms with Crippen LogP contribution in [-0.2, 0) is 11.8 Å². The van der Waals surface area contributed by atoms with E-state index in [0.717, 1.165) is 12.8 Å². The largest absolute Gasteiger partial charge is 0.379 e. The molecule has 1 aromatic rings. The molecule has 2 rings (SSSR count). The molecule has 6 nitrogen and oxygen atoms in total. The van der Waals surface area contributed by atoms with E-state index in [1.54, 1.807) is 14.2 Å². The minimum absolute atomic E-state index is 0.0883. The van der Waals surface area contributed by atoms with Gasteiger partial charge in [0, 0.05) is 14.2 Å². The van der Waals surface area contributed by atoms with E-state index in [9.17, 15) is 4.79 Å². The number of aryl methyl sites for hydroxylation is 1. The molecular formula is C11H16N4O2. The van der Waals surface area contributed by atoms with E-state index in [0.29, 0.717) is 11.4 Å². The normalized spacial score (nSPS) is 22.9. The van der Waals surface area contributed by atoms with Crippen LogP contribution in [0.15, 0.2) is 11.2 Å². The molecule has 0 saturated heterocycles. The molecule has 1 aliphatic carbocycles. The van der Waals surface area contributed by atoms with Gasteiger partial charge in [0.25, 0.3) is 5.91 Å². The molecule has 92 valence electrons. The number of hydrogen-bond acceptors (Lipinski definition) is 4. The van der Waals surface area contributed by atoms with Gasteiger partial charge in [0.05, 0.1) is 18.3 Å². The van der Waals surface area contributed by atoms with Gasteiger partial charge in [0.2, 0.25) is 0 Å². The SMILES string of the molecule is C=Nc1c(C(=O)NC2CC[C@@H]2OC)cnn1C. The Balaban J connectivity index is 2.07. The molecule has 1 amide bonds. The van der Waals surface area contributed by atoms with Crippen molar-refractivity contribution in [1.82, 2.24) is 15.1 Å². The summed E-state index contributed by atoms with van der Waals surface area (Å²) in [6.45, 7) is 3.44. The summed E-state index contributed by atoms with van der Waals surface area (Å²) in [5.41, 5.74) is 0.448. The summed E-state index contributed by atoms with van der Waals surface area (Å²) < 4.78 is 6.75. The lowest BCUT2D eigenvalue weighted by molar-refractivity contribution is 0.00731. The first-order valence-corrected chi connectivity index (χ1v) is 5.49. The molecule has 1 N–H and O–H groups in total. The van der Waals surface area contributed by atoms with Crippen LogP contribution < -0.4 is 5.32 Å². The van der Waals surface area contributed by atoms with Crippen molar-refractivity contribution in [1.29, 1.82) is 0 Å². The van der Waals surface area contributed by atoms with E-state index in [1.807, 2.05) is 0 Å². The van der Waals surface area contributed by atoms with Gasteiger partial charge in [-0.1, -0.05) is 0 Å². The maximum atomic E-state index is 12.0.